The Balaban J connectivity index is 2.51. The first-order chi connectivity index (χ1) is 9.54. The molecular formula is C13H15N2O5-. The Morgan fingerprint density at radius 1 is 1.50 bits per heavy atom. The molecule has 0 radical (unpaired) electrons. The van der Waals surface area contributed by atoms with E-state index in [0.29, 0.717) is 19.6 Å². The lowest BCUT2D eigenvalue weighted by Gasteiger charge is -2.08. The van der Waals surface area contributed by atoms with Crippen LogP contribution in [0, 0.1) is 10.1 Å². The van der Waals surface area contributed by atoms with Gasteiger partial charge in [-0.2, -0.15) is 0 Å². The van der Waals surface area contributed by atoms with E-state index in [1.54, 1.807) is 6.92 Å². The molecule has 1 aromatic carbocycles. The summed E-state index contributed by atoms with van der Waals surface area (Å²) in [5, 5.41) is 22.0. The number of aliphatic imine (C=N–C) groups is 1. The van der Waals surface area contributed by atoms with Crippen LogP contribution < -0.4 is 5.11 Å². The fourth-order valence-corrected chi connectivity index (χ4v) is 1.46. The van der Waals surface area contributed by atoms with E-state index in [2.05, 4.69) is 4.99 Å². The number of hydrogen-bond acceptors (Lipinski definition) is 6. The lowest BCUT2D eigenvalue weighted by Crippen LogP contribution is -2.04. The van der Waals surface area contributed by atoms with Gasteiger partial charge in [0.2, 0.25) is 0 Å². The van der Waals surface area contributed by atoms with E-state index in [9.17, 15) is 20.0 Å². The minimum absolute atomic E-state index is 0.155. The van der Waals surface area contributed by atoms with Crippen LogP contribution in [0.4, 0.5) is 5.69 Å². The van der Waals surface area contributed by atoms with Crippen LogP contribution in [0.15, 0.2) is 23.2 Å². The van der Waals surface area contributed by atoms with Gasteiger partial charge in [-0.15, -0.1) is 0 Å². The number of rotatable bonds is 7. The first-order valence-corrected chi connectivity index (χ1v) is 6.15. The van der Waals surface area contributed by atoms with Crippen LogP contribution in [0.25, 0.3) is 0 Å². The van der Waals surface area contributed by atoms with Crippen molar-refractivity contribution in [3.63, 3.8) is 0 Å². The largest absolute Gasteiger partial charge is 0.872 e. The molecule has 20 heavy (non-hydrogen) atoms. The summed E-state index contributed by atoms with van der Waals surface area (Å²) in [6, 6.07) is 3.47. The maximum Gasteiger partial charge on any atom is 0.305 e. The van der Waals surface area contributed by atoms with Crippen LogP contribution in [0.5, 0.6) is 5.75 Å². The number of nitro groups is 1. The van der Waals surface area contributed by atoms with Crippen molar-refractivity contribution in [3.8, 4) is 5.75 Å². The van der Waals surface area contributed by atoms with Gasteiger partial charge in [-0.1, -0.05) is 11.8 Å². The fraction of sp³-hybridized carbons (Fsp3) is 0.385. The number of hydrogen-bond donors (Lipinski definition) is 0. The van der Waals surface area contributed by atoms with Crippen molar-refractivity contribution in [1.82, 2.24) is 0 Å². The van der Waals surface area contributed by atoms with Gasteiger partial charge in [-0.3, -0.25) is 19.9 Å². The summed E-state index contributed by atoms with van der Waals surface area (Å²) in [6.45, 7) is 2.42. The zero-order valence-electron chi connectivity index (χ0n) is 11.1. The molecule has 108 valence electrons. The summed E-state index contributed by atoms with van der Waals surface area (Å²) < 4.78 is 4.75. The van der Waals surface area contributed by atoms with Crippen LogP contribution >= 0.6 is 0 Å². The first kappa shape index (κ1) is 15.6. The highest BCUT2D eigenvalue weighted by Gasteiger charge is 2.05. The molecule has 0 unspecified atom stereocenters. The van der Waals surface area contributed by atoms with E-state index in [1.165, 1.54) is 12.3 Å². The van der Waals surface area contributed by atoms with Crippen molar-refractivity contribution in [2.45, 2.75) is 19.8 Å². The summed E-state index contributed by atoms with van der Waals surface area (Å²) in [5.74, 6) is -0.618. The summed E-state index contributed by atoms with van der Waals surface area (Å²) in [5.41, 5.74) is 0.00732. The van der Waals surface area contributed by atoms with Crippen LogP contribution in [-0.4, -0.2) is 30.3 Å². The number of carbonyl (C=O) groups is 1. The van der Waals surface area contributed by atoms with Gasteiger partial charge in [0.05, 0.1) is 11.5 Å². The minimum atomic E-state index is -0.572. The van der Waals surface area contributed by atoms with E-state index in [4.69, 9.17) is 4.74 Å². The van der Waals surface area contributed by atoms with Gasteiger partial charge in [-0.05, 0) is 18.9 Å². The summed E-state index contributed by atoms with van der Waals surface area (Å²) >= 11 is 0. The molecule has 0 atom stereocenters. The molecule has 0 bridgehead atoms. The van der Waals surface area contributed by atoms with E-state index >= 15 is 0 Å². The number of nitrogens with zero attached hydrogens (tertiary/aromatic N) is 2. The molecule has 0 heterocycles. The van der Waals surface area contributed by atoms with Crippen LogP contribution in [0.3, 0.4) is 0 Å². The molecule has 0 saturated heterocycles. The SMILES string of the molecule is CCOC(=O)CCCN=Cc1cc([N+](=O)[O-])ccc1[O-]. The number of nitro benzene ring substituents is 1. The summed E-state index contributed by atoms with van der Waals surface area (Å²) in [7, 11) is 0. The highest BCUT2D eigenvalue weighted by atomic mass is 16.6. The number of esters is 1. The number of ether oxygens (including phenoxy) is 1. The zero-order chi connectivity index (χ0) is 15.0. The van der Waals surface area contributed by atoms with Crippen molar-refractivity contribution < 1.29 is 19.6 Å². The van der Waals surface area contributed by atoms with Gasteiger partial charge in [0.15, 0.2) is 0 Å². The molecule has 1 aromatic rings. The average molecular weight is 279 g/mol. The van der Waals surface area contributed by atoms with Gasteiger partial charge in [0.1, 0.15) is 0 Å². The van der Waals surface area contributed by atoms with Crippen molar-refractivity contribution >= 4 is 17.9 Å². The third-order valence-corrected chi connectivity index (χ3v) is 2.41. The molecule has 0 N–H and O–H groups in total. The number of carbonyl (C=O) groups excluding carboxylic acids is 1. The Morgan fingerprint density at radius 2 is 2.25 bits per heavy atom. The van der Waals surface area contributed by atoms with Crippen molar-refractivity contribution in [1.29, 1.82) is 0 Å². The van der Waals surface area contributed by atoms with E-state index in [-0.39, 0.29) is 29.4 Å². The Morgan fingerprint density at radius 3 is 2.90 bits per heavy atom. The molecule has 7 heteroatoms. The second-order valence-corrected chi connectivity index (χ2v) is 3.92. The fourth-order valence-electron chi connectivity index (χ4n) is 1.46. The third kappa shape index (κ3) is 5.05. The van der Waals surface area contributed by atoms with E-state index in [1.807, 2.05) is 0 Å². The molecule has 1 rings (SSSR count). The minimum Gasteiger partial charge on any atom is -0.872 e. The van der Waals surface area contributed by atoms with Crippen LogP contribution in [0.1, 0.15) is 25.3 Å². The van der Waals surface area contributed by atoms with Crippen molar-refractivity contribution in [2.24, 2.45) is 4.99 Å². The molecular weight excluding hydrogens is 264 g/mol. The van der Waals surface area contributed by atoms with Crippen molar-refractivity contribution in [2.75, 3.05) is 13.2 Å². The van der Waals surface area contributed by atoms with Gasteiger partial charge in [0.25, 0.3) is 5.69 Å². The molecule has 0 spiro atoms. The topological polar surface area (TPSA) is 105 Å². The number of non-ortho nitro benzene ring substituents is 1. The highest BCUT2D eigenvalue weighted by Crippen LogP contribution is 2.19. The molecule has 7 nitrogen and oxygen atoms in total. The third-order valence-electron chi connectivity index (χ3n) is 2.41. The number of benzene rings is 1. The lowest BCUT2D eigenvalue weighted by molar-refractivity contribution is -0.385. The smallest absolute Gasteiger partial charge is 0.305 e. The molecule has 0 aromatic heterocycles. The maximum absolute atomic E-state index is 11.5. The molecule has 0 aliphatic heterocycles. The zero-order valence-corrected chi connectivity index (χ0v) is 11.1. The molecule has 0 fully saturated rings. The maximum atomic E-state index is 11.5. The normalized spacial score (nSPS) is 10.7. The van der Waals surface area contributed by atoms with Crippen LogP contribution in [0.2, 0.25) is 0 Å². The Bertz CT molecular complexity index is 513. The predicted molar refractivity (Wildman–Crippen MR) is 70.9 cm³/mol. The monoisotopic (exact) mass is 279 g/mol. The molecule has 0 amide bonds. The average Bonchev–Trinajstić information content (AvgIpc) is 2.40. The predicted octanol–water partition coefficient (Wildman–Crippen LogP) is 1.43. The van der Waals surface area contributed by atoms with Gasteiger partial charge in [-0.25, -0.2) is 0 Å². The molecule has 0 aliphatic rings. The Hall–Kier alpha value is -2.44. The second kappa shape index (κ2) is 7.88. The lowest BCUT2D eigenvalue weighted by atomic mass is 10.2. The van der Waals surface area contributed by atoms with Gasteiger partial charge < -0.3 is 9.84 Å². The summed E-state index contributed by atoms with van der Waals surface area (Å²) in [4.78, 5) is 25.0. The van der Waals surface area contributed by atoms with E-state index < -0.39 is 4.92 Å². The standard InChI is InChI=1S/C13H16N2O5/c1-2-20-13(17)4-3-7-14-9-10-8-11(15(18)19)5-6-12(10)16/h5-6,8-9,16H,2-4,7H2,1H3/p-1. The second-order valence-electron chi connectivity index (χ2n) is 3.92. The van der Waals surface area contributed by atoms with Gasteiger partial charge >= 0.3 is 5.97 Å². The first-order valence-electron chi connectivity index (χ1n) is 6.15. The van der Waals surface area contributed by atoms with E-state index in [0.717, 1.165) is 12.1 Å². The quantitative estimate of drug-likeness (QED) is 0.247. The van der Waals surface area contributed by atoms with Crippen LogP contribution in [-0.2, 0) is 9.53 Å². The Kier molecular flexibility index (Phi) is 6.15. The molecule has 0 aliphatic carbocycles. The summed E-state index contributed by atoms with van der Waals surface area (Å²) in [6.07, 6.45) is 2.04. The highest BCUT2D eigenvalue weighted by molar-refractivity contribution is 5.84. The van der Waals surface area contributed by atoms with Gasteiger partial charge in [0, 0.05) is 31.3 Å². The van der Waals surface area contributed by atoms with Crippen molar-refractivity contribution in [3.05, 3.63) is 33.9 Å². The molecule has 0 saturated carbocycles. The Labute approximate surface area is 116 Å².